The van der Waals surface area contributed by atoms with Crippen molar-refractivity contribution in [1.82, 2.24) is 10.1 Å². The van der Waals surface area contributed by atoms with Crippen LogP contribution in [-0.4, -0.2) is 22.8 Å². The van der Waals surface area contributed by atoms with Gasteiger partial charge in [-0.15, -0.1) is 0 Å². The van der Waals surface area contributed by atoms with E-state index in [-0.39, 0.29) is 12.2 Å². The molecule has 2 unspecified atom stereocenters. The fraction of sp³-hybridized carbons (Fsp3) is 0.778. The number of hydrogen-bond acceptors (Lipinski definition) is 5. The molecule has 0 saturated carbocycles. The highest BCUT2D eigenvalue weighted by Crippen LogP contribution is 2.30. The van der Waals surface area contributed by atoms with Crippen molar-refractivity contribution in [2.24, 2.45) is 5.73 Å². The molecule has 2 rings (SSSR count). The average molecular weight is 197 g/mol. The van der Waals surface area contributed by atoms with Crippen LogP contribution in [0, 0.1) is 0 Å². The number of ether oxygens (including phenoxy) is 1. The van der Waals surface area contributed by atoms with E-state index in [1.54, 1.807) is 0 Å². The van der Waals surface area contributed by atoms with E-state index >= 15 is 0 Å². The molecule has 2 atom stereocenters. The Labute approximate surface area is 82.6 Å². The highest BCUT2D eigenvalue weighted by molar-refractivity contribution is 4.94. The Morgan fingerprint density at radius 2 is 2.36 bits per heavy atom. The highest BCUT2D eigenvalue weighted by Gasteiger charge is 2.28. The molecule has 5 heteroatoms. The van der Waals surface area contributed by atoms with Crippen LogP contribution in [0.1, 0.15) is 37.6 Å². The van der Waals surface area contributed by atoms with E-state index in [0.29, 0.717) is 18.3 Å². The monoisotopic (exact) mass is 197 g/mol. The fourth-order valence-electron chi connectivity index (χ4n) is 1.61. The molecule has 2 N–H and O–H groups in total. The number of nitrogens with zero attached hydrogens (tertiary/aromatic N) is 2. The highest BCUT2D eigenvalue weighted by atomic mass is 16.5. The predicted molar refractivity (Wildman–Crippen MR) is 49.6 cm³/mol. The van der Waals surface area contributed by atoms with Crippen LogP contribution in [0.25, 0.3) is 0 Å². The van der Waals surface area contributed by atoms with Gasteiger partial charge in [0.05, 0.1) is 6.10 Å². The van der Waals surface area contributed by atoms with E-state index in [9.17, 15) is 0 Å². The molecule has 14 heavy (non-hydrogen) atoms. The molecule has 1 fully saturated rings. The summed E-state index contributed by atoms with van der Waals surface area (Å²) < 4.78 is 10.7. The van der Waals surface area contributed by atoms with Crippen LogP contribution in [0.15, 0.2) is 4.52 Å². The van der Waals surface area contributed by atoms with E-state index in [2.05, 4.69) is 10.1 Å². The molecule has 0 amide bonds. The molecule has 5 nitrogen and oxygen atoms in total. The maximum Gasteiger partial charge on any atom is 0.226 e. The zero-order valence-corrected chi connectivity index (χ0v) is 8.27. The molecule has 1 aromatic rings. The second-order valence-electron chi connectivity index (χ2n) is 3.46. The number of rotatable bonds is 3. The largest absolute Gasteiger partial charge is 0.366 e. The first-order valence-corrected chi connectivity index (χ1v) is 5.01. The summed E-state index contributed by atoms with van der Waals surface area (Å²) in [4.78, 5) is 4.24. The first-order chi connectivity index (χ1) is 6.83. The summed E-state index contributed by atoms with van der Waals surface area (Å²) in [5.74, 6) is 1.33. The van der Waals surface area contributed by atoms with E-state index < -0.39 is 0 Å². The Balaban J connectivity index is 2.02. The molecule has 1 aliphatic rings. The lowest BCUT2D eigenvalue weighted by atomic mass is 10.2. The fourth-order valence-corrected chi connectivity index (χ4v) is 1.61. The number of hydrogen-bond donors (Lipinski definition) is 1. The molecule has 78 valence electrons. The van der Waals surface area contributed by atoms with Crippen LogP contribution < -0.4 is 5.73 Å². The Morgan fingerprint density at radius 1 is 1.50 bits per heavy atom. The zero-order chi connectivity index (χ0) is 9.97. The third-order valence-corrected chi connectivity index (χ3v) is 2.44. The lowest BCUT2D eigenvalue weighted by Gasteiger charge is -2.07. The predicted octanol–water partition coefficient (Wildman–Crippen LogP) is 0.811. The van der Waals surface area contributed by atoms with Gasteiger partial charge in [-0.2, -0.15) is 4.98 Å². The summed E-state index contributed by atoms with van der Waals surface area (Å²) in [5.41, 5.74) is 5.52. The van der Waals surface area contributed by atoms with Gasteiger partial charge < -0.3 is 15.0 Å². The van der Waals surface area contributed by atoms with Gasteiger partial charge in [0.2, 0.25) is 11.7 Å². The van der Waals surface area contributed by atoms with Crippen molar-refractivity contribution in [3.63, 3.8) is 0 Å². The summed E-state index contributed by atoms with van der Waals surface area (Å²) in [6.07, 6.45) is 2.82. The zero-order valence-electron chi connectivity index (χ0n) is 8.27. The molecule has 2 heterocycles. The van der Waals surface area contributed by atoms with Crippen molar-refractivity contribution in [3.8, 4) is 0 Å². The summed E-state index contributed by atoms with van der Waals surface area (Å²) in [6.45, 7) is 2.55. The minimum absolute atomic E-state index is 0.0207. The maximum absolute atomic E-state index is 5.64. The van der Waals surface area contributed by atoms with Gasteiger partial charge in [-0.05, 0) is 12.8 Å². The van der Waals surface area contributed by atoms with Crippen molar-refractivity contribution in [2.75, 3.05) is 6.54 Å². The van der Waals surface area contributed by atoms with Crippen LogP contribution in [0.3, 0.4) is 0 Å². The maximum atomic E-state index is 5.64. The van der Waals surface area contributed by atoms with Gasteiger partial charge in [-0.3, -0.25) is 0 Å². The minimum Gasteiger partial charge on any atom is -0.366 e. The van der Waals surface area contributed by atoms with Crippen molar-refractivity contribution in [2.45, 2.75) is 38.4 Å². The van der Waals surface area contributed by atoms with E-state index in [0.717, 1.165) is 19.3 Å². The Bertz CT molecular complexity index is 300. The Hall–Kier alpha value is -0.940. The summed E-state index contributed by atoms with van der Waals surface area (Å²) in [7, 11) is 0. The van der Waals surface area contributed by atoms with Gasteiger partial charge in [-0.25, -0.2) is 0 Å². The van der Waals surface area contributed by atoms with E-state index in [1.165, 1.54) is 0 Å². The molecule has 1 aliphatic heterocycles. The van der Waals surface area contributed by atoms with Gasteiger partial charge in [0.25, 0.3) is 0 Å². The number of nitrogens with two attached hydrogens (primary N) is 1. The second-order valence-corrected chi connectivity index (χ2v) is 3.46. The van der Waals surface area contributed by atoms with Gasteiger partial charge in [-0.1, -0.05) is 12.1 Å². The molecule has 0 bridgehead atoms. The van der Waals surface area contributed by atoms with Gasteiger partial charge in [0.15, 0.2) is 0 Å². The molecule has 0 radical (unpaired) electrons. The standard InChI is InChI=1S/C9H15N3O2/c1-2-8-11-9(12-14-8)7-4-3-6(5-10)13-7/h6-7H,2-5,10H2,1H3. The molecule has 0 aliphatic carbocycles. The molecule has 1 saturated heterocycles. The van der Waals surface area contributed by atoms with Crippen molar-refractivity contribution in [1.29, 1.82) is 0 Å². The van der Waals surface area contributed by atoms with Crippen molar-refractivity contribution < 1.29 is 9.26 Å². The van der Waals surface area contributed by atoms with Crippen molar-refractivity contribution in [3.05, 3.63) is 11.7 Å². The van der Waals surface area contributed by atoms with E-state index in [4.69, 9.17) is 15.0 Å². The van der Waals surface area contributed by atoms with Crippen molar-refractivity contribution >= 4 is 0 Å². The lowest BCUT2D eigenvalue weighted by molar-refractivity contribution is 0.0435. The summed E-state index contributed by atoms with van der Waals surface area (Å²) in [5, 5.41) is 3.89. The van der Waals surface area contributed by atoms with E-state index in [1.807, 2.05) is 6.92 Å². The molecule has 0 spiro atoms. The molecule has 1 aromatic heterocycles. The minimum atomic E-state index is -0.0207. The summed E-state index contributed by atoms with van der Waals surface area (Å²) >= 11 is 0. The molecular weight excluding hydrogens is 182 g/mol. The topological polar surface area (TPSA) is 74.2 Å². The van der Waals surface area contributed by atoms with Crippen LogP contribution >= 0.6 is 0 Å². The average Bonchev–Trinajstić information content (AvgIpc) is 2.86. The van der Waals surface area contributed by atoms with Gasteiger partial charge in [0, 0.05) is 13.0 Å². The lowest BCUT2D eigenvalue weighted by Crippen LogP contribution is -2.19. The van der Waals surface area contributed by atoms with Crippen LogP contribution in [0.2, 0.25) is 0 Å². The van der Waals surface area contributed by atoms with Crippen LogP contribution in [-0.2, 0) is 11.2 Å². The Morgan fingerprint density at radius 3 is 2.93 bits per heavy atom. The first kappa shape index (κ1) is 9.61. The number of aromatic nitrogens is 2. The third kappa shape index (κ3) is 1.78. The molecule has 0 aromatic carbocycles. The first-order valence-electron chi connectivity index (χ1n) is 5.01. The normalized spacial score (nSPS) is 27.0. The van der Waals surface area contributed by atoms with Crippen LogP contribution in [0.4, 0.5) is 0 Å². The quantitative estimate of drug-likeness (QED) is 0.776. The SMILES string of the molecule is CCc1nc(C2CCC(CN)O2)no1. The smallest absolute Gasteiger partial charge is 0.226 e. The number of aryl methyl sites for hydroxylation is 1. The van der Waals surface area contributed by atoms with Gasteiger partial charge >= 0.3 is 0 Å². The van der Waals surface area contributed by atoms with Gasteiger partial charge in [0.1, 0.15) is 6.10 Å². The second kappa shape index (κ2) is 4.06. The van der Waals surface area contributed by atoms with Crippen LogP contribution in [0.5, 0.6) is 0 Å². The Kier molecular flexibility index (Phi) is 2.79. The molecular formula is C9H15N3O2. The summed E-state index contributed by atoms with van der Waals surface area (Å²) in [6, 6.07) is 0. The third-order valence-electron chi connectivity index (χ3n) is 2.44.